The number of hydrogen-bond donors (Lipinski definition) is 2. The summed E-state index contributed by atoms with van der Waals surface area (Å²) in [6.45, 7) is 6.59. The molecule has 0 unspecified atom stereocenters. The number of aliphatic carboxylic acids is 1. The van der Waals surface area contributed by atoms with Crippen LogP contribution in [0.3, 0.4) is 0 Å². The third-order valence-corrected chi connectivity index (χ3v) is 2.42. The fraction of sp³-hybridized carbons (Fsp3) is 0.462. The molecule has 0 heterocycles. The summed E-state index contributed by atoms with van der Waals surface area (Å²) in [4.78, 5) is 10.7. The molecule has 0 bridgehead atoms. The first-order chi connectivity index (χ1) is 7.39. The molecule has 0 radical (unpaired) electrons. The largest absolute Gasteiger partial charge is 0.481 e. The summed E-state index contributed by atoms with van der Waals surface area (Å²) in [5.41, 5.74) is 2.00. The van der Waals surface area contributed by atoms with Crippen LogP contribution in [0, 0.1) is 12.3 Å². The molecule has 0 aliphatic heterocycles. The van der Waals surface area contributed by atoms with Crippen LogP contribution in [0.15, 0.2) is 24.3 Å². The maximum atomic E-state index is 10.7. The summed E-state index contributed by atoms with van der Waals surface area (Å²) in [7, 11) is 0. The lowest BCUT2D eigenvalue weighted by molar-refractivity contribution is -0.139. The molecule has 0 atom stereocenters. The highest BCUT2D eigenvalue weighted by Crippen LogP contribution is 2.21. The molecule has 3 nitrogen and oxygen atoms in total. The summed E-state index contributed by atoms with van der Waals surface area (Å²) in [6.07, 6.45) is 0.172. The van der Waals surface area contributed by atoms with E-state index < -0.39 is 5.97 Å². The van der Waals surface area contributed by atoms with E-state index in [-0.39, 0.29) is 11.8 Å². The first kappa shape index (κ1) is 12.6. The van der Waals surface area contributed by atoms with Crippen molar-refractivity contribution in [3.63, 3.8) is 0 Å². The minimum absolute atomic E-state index is 0.172. The topological polar surface area (TPSA) is 49.3 Å². The molecule has 0 amide bonds. The van der Waals surface area contributed by atoms with E-state index in [9.17, 15) is 4.79 Å². The van der Waals surface area contributed by atoms with Gasteiger partial charge in [-0.15, -0.1) is 0 Å². The van der Waals surface area contributed by atoms with E-state index in [1.807, 2.05) is 39.0 Å². The van der Waals surface area contributed by atoms with Crippen LogP contribution in [0.25, 0.3) is 0 Å². The van der Waals surface area contributed by atoms with Crippen molar-refractivity contribution in [2.45, 2.75) is 27.2 Å². The molecule has 0 aromatic heterocycles. The lowest BCUT2D eigenvalue weighted by Gasteiger charge is -2.23. The van der Waals surface area contributed by atoms with Gasteiger partial charge in [-0.3, -0.25) is 4.79 Å². The van der Waals surface area contributed by atoms with Crippen molar-refractivity contribution in [3.05, 3.63) is 29.8 Å². The minimum Gasteiger partial charge on any atom is -0.481 e. The molecule has 1 aromatic carbocycles. The van der Waals surface area contributed by atoms with Gasteiger partial charge in [0.05, 0.1) is 6.42 Å². The summed E-state index contributed by atoms with van der Waals surface area (Å²) in [5.74, 6) is -0.754. The van der Waals surface area contributed by atoms with Crippen molar-refractivity contribution in [2.75, 3.05) is 11.9 Å². The second kappa shape index (κ2) is 5.01. The van der Waals surface area contributed by atoms with Gasteiger partial charge in [-0.2, -0.15) is 0 Å². The molecule has 0 spiro atoms. The van der Waals surface area contributed by atoms with Gasteiger partial charge in [-0.25, -0.2) is 0 Å². The van der Waals surface area contributed by atoms with Gasteiger partial charge >= 0.3 is 5.97 Å². The summed E-state index contributed by atoms with van der Waals surface area (Å²) < 4.78 is 0. The first-order valence-electron chi connectivity index (χ1n) is 5.41. The molecule has 0 aliphatic rings. The number of aryl methyl sites for hydroxylation is 1. The third-order valence-electron chi connectivity index (χ3n) is 2.42. The van der Waals surface area contributed by atoms with Gasteiger partial charge in [0.2, 0.25) is 0 Å². The van der Waals surface area contributed by atoms with E-state index >= 15 is 0 Å². The molecule has 0 fully saturated rings. The molecule has 88 valence electrons. The normalized spacial score (nSPS) is 11.2. The number of carboxylic acid groups (broad SMARTS) is 1. The smallest absolute Gasteiger partial charge is 0.303 e. The van der Waals surface area contributed by atoms with Gasteiger partial charge in [-0.05, 0) is 30.0 Å². The molecule has 1 aromatic rings. The number of benzene rings is 1. The van der Waals surface area contributed by atoms with Gasteiger partial charge in [0.15, 0.2) is 0 Å². The van der Waals surface area contributed by atoms with Crippen LogP contribution >= 0.6 is 0 Å². The predicted octanol–water partition coefficient (Wildman–Crippen LogP) is 2.91. The minimum atomic E-state index is -0.754. The number of rotatable bonds is 5. The van der Waals surface area contributed by atoms with Crippen LogP contribution in [0.2, 0.25) is 0 Å². The van der Waals surface area contributed by atoms with Crippen molar-refractivity contribution >= 4 is 11.7 Å². The highest BCUT2D eigenvalue weighted by atomic mass is 16.4. The zero-order chi connectivity index (χ0) is 12.2. The van der Waals surface area contributed by atoms with E-state index in [2.05, 4.69) is 11.4 Å². The average molecular weight is 221 g/mol. The molecular weight excluding hydrogens is 202 g/mol. The van der Waals surface area contributed by atoms with Gasteiger partial charge in [0, 0.05) is 12.2 Å². The van der Waals surface area contributed by atoms with Gasteiger partial charge in [0.1, 0.15) is 0 Å². The number of carboxylic acids is 1. The van der Waals surface area contributed by atoms with Crippen LogP contribution in [-0.2, 0) is 4.79 Å². The second-order valence-corrected chi connectivity index (χ2v) is 4.96. The second-order valence-electron chi connectivity index (χ2n) is 4.96. The first-order valence-corrected chi connectivity index (χ1v) is 5.41. The Hall–Kier alpha value is -1.51. The molecular formula is C13H19NO2. The molecule has 1 rings (SSSR count). The molecule has 16 heavy (non-hydrogen) atoms. The van der Waals surface area contributed by atoms with Crippen LogP contribution in [0.4, 0.5) is 5.69 Å². The van der Waals surface area contributed by atoms with E-state index in [1.54, 1.807) is 0 Å². The number of hydrogen-bond acceptors (Lipinski definition) is 2. The summed E-state index contributed by atoms with van der Waals surface area (Å²) in [6, 6.07) is 8.07. The van der Waals surface area contributed by atoms with Crippen LogP contribution in [0.5, 0.6) is 0 Å². The summed E-state index contributed by atoms with van der Waals surface area (Å²) in [5, 5.41) is 12.0. The Labute approximate surface area is 96.5 Å². The maximum Gasteiger partial charge on any atom is 0.303 e. The Balaban J connectivity index is 2.54. The monoisotopic (exact) mass is 221 g/mol. The van der Waals surface area contributed by atoms with Crippen molar-refractivity contribution in [1.29, 1.82) is 0 Å². The van der Waals surface area contributed by atoms with Crippen LogP contribution in [0.1, 0.15) is 25.8 Å². The van der Waals surface area contributed by atoms with E-state index in [0.717, 1.165) is 5.69 Å². The van der Waals surface area contributed by atoms with Crippen molar-refractivity contribution in [2.24, 2.45) is 5.41 Å². The molecule has 3 heteroatoms. The van der Waals surface area contributed by atoms with Crippen molar-refractivity contribution < 1.29 is 9.90 Å². The number of carbonyl (C=O) groups is 1. The highest BCUT2D eigenvalue weighted by molar-refractivity contribution is 5.67. The molecule has 0 saturated carbocycles. The Bertz CT molecular complexity index is 372. The van der Waals surface area contributed by atoms with Crippen molar-refractivity contribution in [3.8, 4) is 0 Å². The standard InChI is InChI=1S/C13H19NO2/c1-10-5-4-6-11(7-10)14-9-13(2,3)8-12(15)16/h4-7,14H,8-9H2,1-3H3,(H,15,16). The zero-order valence-corrected chi connectivity index (χ0v) is 10.1. The highest BCUT2D eigenvalue weighted by Gasteiger charge is 2.21. The van der Waals surface area contributed by atoms with Gasteiger partial charge in [-0.1, -0.05) is 26.0 Å². The molecule has 2 N–H and O–H groups in total. The average Bonchev–Trinajstić information content (AvgIpc) is 2.13. The van der Waals surface area contributed by atoms with E-state index in [4.69, 9.17) is 5.11 Å². The quantitative estimate of drug-likeness (QED) is 0.803. The molecule has 0 saturated heterocycles. The number of anilines is 1. The Morgan fingerprint density at radius 3 is 2.69 bits per heavy atom. The number of nitrogens with one attached hydrogen (secondary N) is 1. The third kappa shape index (κ3) is 4.34. The lowest BCUT2D eigenvalue weighted by atomic mass is 9.89. The fourth-order valence-corrected chi connectivity index (χ4v) is 1.57. The Morgan fingerprint density at radius 1 is 1.44 bits per heavy atom. The fourth-order valence-electron chi connectivity index (χ4n) is 1.57. The Kier molecular flexibility index (Phi) is 3.93. The predicted molar refractivity (Wildman–Crippen MR) is 65.7 cm³/mol. The van der Waals surface area contributed by atoms with E-state index in [1.165, 1.54) is 5.56 Å². The van der Waals surface area contributed by atoms with Gasteiger partial charge < -0.3 is 10.4 Å². The summed E-state index contributed by atoms with van der Waals surface area (Å²) >= 11 is 0. The van der Waals surface area contributed by atoms with Gasteiger partial charge in [0.25, 0.3) is 0 Å². The SMILES string of the molecule is Cc1cccc(NCC(C)(C)CC(=O)O)c1. The van der Waals surface area contributed by atoms with Crippen LogP contribution in [-0.4, -0.2) is 17.6 Å². The van der Waals surface area contributed by atoms with Crippen molar-refractivity contribution in [1.82, 2.24) is 0 Å². The maximum absolute atomic E-state index is 10.7. The lowest BCUT2D eigenvalue weighted by Crippen LogP contribution is -2.26. The molecule has 0 aliphatic carbocycles. The Morgan fingerprint density at radius 2 is 2.12 bits per heavy atom. The van der Waals surface area contributed by atoms with Crippen LogP contribution < -0.4 is 5.32 Å². The van der Waals surface area contributed by atoms with E-state index in [0.29, 0.717) is 6.54 Å². The zero-order valence-electron chi connectivity index (χ0n) is 10.1.